The van der Waals surface area contributed by atoms with Crippen LogP contribution in [0.2, 0.25) is 0 Å². The number of rotatable bonds is 7. The van der Waals surface area contributed by atoms with E-state index in [1.807, 2.05) is 23.5 Å². The second-order valence-corrected chi connectivity index (χ2v) is 15.8. The Bertz CT molecular complexity index is 3170. The quantitative estimate of drug-likeness (QED) is 0.162. The van der Waals surface area contributed by atoms with Gasteiger partial charge in [-0.2, -0.15) is 0 Å². The molecule has 0 aliphatic carbocycles. The number of benzene rings is 8. The van der Waals surface area contributed by atoms with Crippen molar-refractivity contribution in [2.24, 2.45) is 0 Å². The van der Waals surface area contributed by atoms with Gasteiger partial charge in [0.15, 0.2) is 5.82 Å². The van der Waals surface area contributed by atoms with Gasteiger partial charge in [-0.3, -0.25) is 0 Å². The van der Waals surface area contributed by atoms with Gasteiger partial charge in [-0.05, 0) is 51.6 Å². The van der Waals surface area contributed by atoms with Crippen molar-refractivity contribution < 1.29 is 0 Å². The van der Waals surface area contributed by atoms with Gasteiger partial charge in [0, 0.05) is 47.8 Å². The van der Waals surface area contributed by atoms with Gasteiger partial charge in [0.25, 0.3) is 0 Å². The first-order valence-electron chi connectivity index (χ1n) is 19.8. The molecule has 0 bridgehead atoms. The molecule has 0 aliphatic rings. The molecule has 59 heavy (non-hydrogen) atoms. The normalized spacial score (nSPS) is 11.4. The lowest BCUT2D eigenvalue weighted by atomic mass is 9.96. The predicted octanol–water partition coefficient (Wildman–Crippen LogP) is 15.1. The molecule has 0 N–H and O–H groups in total. The summed E-state index contributed by atoms with van der Waals surface area (Å²) in [5.41, 5.74) is 14.9. The van der Waals surface area contributed by atoms with E-state index in [4.69, 9.17) is 15.0 Å². The molecule has 0 saturated heterocycles. The van der Waals surface area contributed by atoms with E-state index in [1.54, 1.807) is 0 Å². The summed E-state index contributed by atoms with van der Waals surface area (Å²) in [5.74, 6) is 0.690. The van der Waals surface area contributed by atoms with Crippen LogP contribution in [-0.2, 0) is 0 Å². The predicted molar refractivity (Wildman–Crippen MR) is 248 cm³/mol. The summed E-state index contributed by atoms with van der Waals surface area (Å²) in [7, 11) is 0. The molecule has 4 heteroatoms. The summed E-state index contributed by atoms with van der Waals surface area (Å²) in [6.45, 7) is 0. The molecule has 3 heterocycles. The van der Waals surface area contributed by atoms with Crippen LogP contribution in [0, 0.1) is 0 Å². The van der Waals surface area contributed by atoms with E-state index in [0.29, 0.717) is 5.82 Å². The van der Waals surface area contributed by atoms with Crippen LogP contribution in [0.3, 0.4) is 0 Å². The first-order chi connectivity index (χ1) is 29.2. The number of pyridine rings is 1. The van der Waals surface area contributed by atoms with E-state index in [0.717, 1.165) is 56.0 Å². The van der Waals surface area contributed by atoms with Crippen molar-refractivity contribution in [2.45, 2.75) is 0 Å². The highest BCUT2D eigenvalue weighted by molar-refractivity contribution is 7.26. The standard InChI is InChI=1S/C55H35N3S/c1-4-13-36(14-5-1)38-23-29-41(30-24-38)48-35-49(58-55(57-48)44-33-25-39(26-34-44)37-15-6-2-7-16-37)42-31-27-40(28-32-42)45-20-12-21-47-51(45)54-52(46-19-10-11-22-50(46)59-54)53(56-47)43-17-8-3-9-18-43/h1-35H. The molecule has 8 aromatic carbocycles. The molecule has 3 nitrogen and oxygen atoms in total. The van der Waals surface area contributed by atoms with E-state index in [2.05, 4.69) is 200 Å². The third kappa shape index (κ3) is 6.46. The number of hydrogen-bond acceptors (Lipinski definition) is 4. The second-order valence-electron chi connectivity index (χ2n) is 14.8. The first-order valence-corrected chi connectivity index (χ1v) is 20.7. The van der Waals surface area contributed by atoms with Gasteiger partial charge in [0.1, 0.15) is 0 Å². The Morgan fingerprint density at radius 3 is 1.39 bits per heavy atom. The van der Waals surface area contributed by atoms with E-state index in [-0.39, 0.29) is 0 Å². The number of thiophene rings is 1. The van der Waals surface area contributed by atoms with Crippen LogP contribution >= 0.6 is 11.3 Å². The number of nitrogens with zero attached hydrogens (tertiary/aromatic N) is 3. The van der Waals surface area contributed by atoms with Gasteiger partial charge in [0.05, 0.1) is 22.6 Å². The average molecular weight is 770 g/mol. The molecule has 0 atom stereocenters. The Hall–Kier alpha value is -7.53. The van der Waals surface area contributed by atoms with Crippen molar-refractivity contribution >= 4 is 42.4 Å². The van der Waals surface area contributed by atoms with Gasteiger partial charge >= 0.3 is 0 Å². The smallest absolute Gasteiger partial charge is 0.160 e. The summed E-state index contributed by atoms with van der Waals surface area (Å²) in [5, 5.41) is 3.63. The summed E-state index contributed by atoms with van der Waals surface area (Å²) >= 11 is 1.85. The van der Waals surface area contributed by atoms with Crippen molar-refractivity contribution in [3.63, 3.8) is 0 Å². The van der Waals surface area contributed by atoms with Gasteiger partial charge in [0.2, 0.25) is 0 Å². The monoisotopic (exact) mass is 769 g/mol. The maximum atomic E-state index is 5.36. The average Bonchev–Trinajstić information content (AvgIpc) is 3.72. The lowest BCUT2D eigenvalue weighted by Gasteiger charge is -2.13. The summed E-state index contributed by atoms with van der Waals surface area (Å²) in [6.07, 6.45) is 0. The van der Waals surface area contributed by atoms with Gasteiger partial charge in [-0.15, -0.1) is 11.3 Å². The zero-order valence-electron chi connectivity index (χ0n) is 32.0. The lowest BCUT2D eigenvalue weighted by Crippen LogP contribution is -1.96. The van der Waals surface area contributed by atoms with Crippen molar-refractivity contribution in [1.29, 1.82) is 0 Å². The fourth-order valence-corrected chi connectivity index (χ4v) is 9.42. The Balaban J connectivity index is 1.02. The molecule has 0 amide bonds. The number of hydrogen-bond donors (Lipinski definition) is 0. The molecule has 11 aromatic rings. The van der Waals surface area contributed by atoms with Gasteiger partial charge in [-0.1, -0.05) is 194 Å². The number of aromatic nitrogens is 3. The van der Waals surface area contributed by atoms with Crippen molar-refractivity contribution in [3.8, 4) is 78.5 Å². The van der Waals surface area contributed by atoms with Crippen molar-refractivity contribution in [2.75, 3.05) is 0 Å². The fourth-order valence-electron chi connectivity index (χ4n) is 8.15. The maximum Gasteiger partial charge on any atom is 0.160 e. The second kappa shape index (κ2) is 14.8. The molecular formula is C55H35N3S. The Morgan fingerprint density at radius 1 is 0.322 bits per heavy atom. The van der Waals surface area contributed by atoms with E-state index in [9.17, 15) is 0 Å². The van der Waals surface area contributed by atoms with Crippen LogP contribution in [0.25, 0.3) is 110 Å². The van der Waals surface area contributed by atoms with Crippen LogP contribution in [-0.4, -0.2) is 15.0 Å². The van der Waals surface area contributed by atoms with Crippen LogP contribution in [0.4, 0.5) is 0 Å². The zero-order valence-corrected chi connectivity index (χ0v) is 32.8. The summed E-state index contributed by atoms with van der Waals surface area (Å²) in [6, 6.07) is 74.8. The lowest BCUT2D eigenvalue weighted by molar-refractivity contribution is 1.18. The molecule has 276 valence electrons. The first kappa shape index (κ1) is 34.7. The number of fused-ring (bicyclic) bond motifs is 5. The van der Waals surface area contributed by atoms with Crippen molar-refractivity contribution in [3.05, 3.63) is 212 Å². The third-order valence-corrected chi connectivity index (χ3v) is 12.3. The fraction of sp³-hybridized carbons (Fsp3) is 0. The molecular weight excluding hydrogens is 735 g/mol. The Labute approximate surface area is 346 Å². The van der Waals surface area contributed by atoms with Gasteiger partial charge in [-0.25, -0.2) is 15.0 Å². The van der Waals surface area contributed by atoms with E-state index >= 15 is 0 Å². The zero-order chi connectivity index (χ0) is 39.1. The SMILES string of the molecule is c1ccc(-c2ccc(-c3cc(-c4ccc(-c5cccc6nc(-c7ccccc7)c7c8ccccc8sc7c56)cc4)nc(-c4ccc(-c5ccccc5)cc4)n3)cc2)cc1. The van der Waals surface area contributed by atoms with E-state index < -0.39 is 0 Å². The topological polar surface area (TPSA) is 38.7 Å². The Kier molecular flexibility index (Phi) is 8.68. The third-order valence-electron chi connectivity index (χ3n) is 11.1. The van der Waals surface area contributed by atoms with Gasteiger partial charge < -0.3 is 0 Å². The Morgan fingerprint density at radius 2 is 0.797 bits per heavy atom. The minimum absolute atomic E-state index is 0.690. The molecule has 0 aliphatic heterocycles. The largest absolute Gasteiger partial charge is 0.247 e. The van der Waals surface area contributed by atoms with Crippen LogP contribution < -0.4 is 0 Å². The molecule has 0 spiro atoms. The molecule has 3 aromatic heterocycles. The van der Waals surface area contributed by atoms with Crippen LogP contribution in [0.15, 0.2) is 212 Å². The molecule has 0 fully saturated rings. The van der Waals surface area contributed by atoms with Crippen LogP contribution in [0.5, 0.6) is 0 Å². The highest BCUT2D eigenvalue weighted by atomic mass is 32.1. The molecule has 11 rings (SSSR count). The van der Waals surface area contributed by atoms with Crippen molar-refractivity contribution in [1.82, 2.24) is 15.0 Å². The van der Waals surface area contributed by atoms with Crippen LogP contribution in [0.1, 0.15) is 0 Å². The molecule has 0 saturated carbocycles. The summed E-state index contributed by atoms with van der Waals surface area (Å²) in [4.78, 5) is 15.7. The minimum atomic E-state index is 0.690. The molecule has 0 unspecified atom stereocenters. The van der Waals surface area contributed by atoms with E-state index in [1.165, 1.54) is 47.8 Å². The maximum absolute atomic E-state index is 5.36. The summed E-state index contributed by atoms with van der Waals surface area (Å²) < 4.78 is 2.52. The minimum Gasteiger partial charge on any atom is -0.247 e. The molecule has 0 radical (unpaired) electrons. The highest BCUT2D eigenvalue weighted by Gasteiger charge is 2.19. The highest BCUT2D eigenvalue weighted by Crippen LogP contribution is 2.45.